The van der Waals surface area contributed by atoms with E-state index in [-0.39, 0.29) is 12.4 Å². The number of benzene rings is 1. The van der Waals surface area contributed by atoms with Crippen LogP contribution >= 0.6 is 12.4 Å². The van der Waals surface area contributed by atoms with Crippen LogP contribution in [0.4, 0.5) is 0 Å². The molecule has 19 heavy (non-hydrogen) atoms. The summed E-state index contributed by atoms with van der Waals surface area (Å²) in [5, 5.41) is 3.32. The first-order valence-corrected chi connectivity index (χ1v) is 6.03. The van der Waals surface area contributed by atoms with E-state index >= 15 is 0 Å². The minimum absolute atomic E-state index is 0. The molecule has 1 aromatic carbocycles. The van der Waals surface area contributed by atoms with Gasteiger partial charge in [-0.25, -0.2) is 0 Å². The van der Waals surface area contributed by atoms with Crippen molar-refractivity contribution < 1.29 is 13.9 Å². The summed E-state index contributed by atoms with van der Waals surface area (Å²) in [5.41, 5.74) is 1.17. The van der Waals surface area contributed by atoms with Crippen molar-refractivity contribution in [1.29, 1.82) is 0 Å². The molecule has 0 aliphatic carbocycles. The van der Waals surface area contributed by atoms with Gasteiger partial charge in [0.15, 0.2) is 11.5 Å². The van der Waals surface area contributed by atoms with Crippen molar-refractivity contribution in [2.24, 2.45) is 0 Å². The first kappa shape index (κ1) is 13.8. The molecule has 3 rings (SSSR count). The smallest absolute Gasteiger partial charge is 0.161 e. The highest BCUT2D eigenvalue weighted by Crippen LogP contribution is 2.30. The molecule has 4 nitrogen and oxygen atoms in total. The van der Waals surface area contributed by atoms with E-state index < -0.39 is 0 Å². The first-order chi connectivity index (χ1) is 8.92. The van der Waals surface area contributed by atoms with Gasteiger partial charge < -0.3 is 19.2 Å². The molecule has 0 saturated heterocycles. The SMILES string of the molecule is Cl.c1coc(CNCc2ccc3c(c2)OCCO3)c1. The molecule has 5 heteroatoms. The third-order valence-electron chi connectivity index (χ3n) is 2.82. The Hall–Kier alpha value is -1.65. The van der Waals surface area contributed by atoms with Crippen LogP contribution in [0.5, 0.6) is 11.5 Å². The number of fused-ring (bicyclic) bond motifs is 1. The second kappa shape index (κ2) is 6.50. The zero-order valence-corrected chi connectivity index (χ0v) is 11.2. The molecule has 1 aromatic heterocycles. The summed E-state index contributed by atoms with van der Waals surface area (Å²) in [6.45, 7) is 2.75. The number of hydrogen-bond donors (Lipinski definition) is 1. The van der Waals surface area contributed by atoms with E-state index in [1.165, 1.54) is 5.56 Å². The number of ether oxygens (including phenoxy) is 2. The number of rotatable bonds is 4. The highest BCUT2D eigenvalue weighted by atomic mass is 35.5. The van der Waals surface area contributed by atoms with Gasteiger partial charge in [-0.15, -0.1) is 12.4 Å². The Labute approximate surface area is 118 Å². The molecule has 0 amide bonds. The Morgan fingerprint density at radius 2 is 1.84 bits per heavy atom. The number of halogens is 1. The van der Waals surface area contributed by atoms with Crippen LogP contribution in [0.2, 0.25) is 0 Å². The van der Waals surface area contributed by atoms with E-state index in [1.54, 1.807) is 6.26 Å². The Kier molecular flexibility index (Phi) is 4.71. The third kappa shape index (κ3) is 3.43. The molecule has 102 valence electrons. The van der Waals surface area contributed by atoms with Gasteiger partial charge in [0.2, 0.25) is 0 Å². The quantitative estimate of drug-likeness (QED) is 0.936. The van der Waals surface area contributed by atoms with Gasteiger partial charge in [-0.2, -0.15) is 0 Å². The second-order valence-electron chi connectivity index (χ2n) is 4.16. The lowest BCUT2D eigenvalue weighted by Crippen LogP contribution is -2.16. The molecule has 1 aliphatic rings. The minimum atomic E-state index is 0. The van der Waals surface area contributed by atoms with Gasteiger partial charge in [-0.1, -0.05) is 6.07 Å². The molecule has 2 aromatic rings. The molecule has 0 radical (unpaired) electrons. The molecule has 0 unspecified atom stereocenters. The van der Waals surface area contributed by atoms with Crippen LogP contribution in [0, 0.1) is 0 Å². The summed E-state index contributed by atoms with van der Waals surface area (Å²) >= 11 is 0. The molecule has 0 fully saturated rings. The highest BCUT2D eigenvalue weighted by Gasteiger charge is 2.11. The summed E-state index contributed by atoms with van der Waals surface area (Å²) in [5.74, 6) is 2.60. The second-order valence-corrected chi connectivity index (χ2v) is 4.16. The van der Waals surface area contributed by atoms with Gasteiger partial charge in [0.1, 0.15) is 19.0 Å². The lowest BCUT2D eigenvalue weighted by molar-refractivity contribution is 0.171. The van der Waals surface area contributed by atoms with Crippen LogP contribution < -0.4 is 14.8 Å². The average Bonchev–Trinajstić information content (AvgIpc) is 2.92. The zero-order valence-electron chi connectivity index (χ0n) is 10.4. The Balaban J connectivity index is 0.00000133. The van der Waals surface area contributed by atoms with E-state index in [1.807, 2.05) is 30.3 Å². The van der Waals surface area contributed by atoms with E-state index in [2.05, 4.69) is 5.32 Å². The summed E-state index contributed by atoms with van der Waals surface area (Å²) in [6.07, 6.45) is 1.68. The van der Waals surface area contributed by atoms with Crippen molar-refractivity contribution in [3.8, 4) is 11.5 Å². The van der Waals surface area contributed by atoms with Gasteiger partial charge in [0.05, 0.1) is 12.8 Å². The summed E-state index contributed by atoms with van der Waals surface area (Å²) < 4.78 is 16.3. The fourth-order valence-electron chi connectivity index (χ4n) is 1.94. The fraction of sp³-hybridized carbons (Fsp3) is 0.286. The van der Waals surface area contributed by atoms with Crippen molar-refractivity contribution in [3.05, 3.63) is 47.9 Å². The van der Waals surface area contributed by atoms with Crippen molar-refractivity contribution in [2.45, 2.75) is 13.1 Å². The van der Waals surface area contributed by atoms with Crippen molar-refractivity contribution in [1.82, 2.24) is 5.32 Å². The average molecular weight is 282 g/mol. The summed E-state index contributed by atoms with van der Waals surface area (Å²) in [7, 11) is 0. The topological polar surface area (TPSA) is 43.6 Å². The molecular formula is C14H16ClNO3. The summed E-state index contributed by atoms with van der Waals surface area (Å²) in [4.78, 5) is 0. The van der Waals surface area contributed by atoms with Crippen LogP contribution in [0.3, 0.4) is 0 Å². The standard InChI is InChI=1S/C14H15NO3.ClH/c1-2-12(16-5-1)10-15-9-11-3-4-13-14(8-11)18-7-6-17-13;/h1-5,8,15H,6-7,9-10H2;1H. The summed E-state index contributed by atoms with van der Waals surface area (Å²) in [6, 6.07) is 9.86. The molecule has 1 aliphatic heterocycles. The van der Waals surface area contributed by atoms with Gasteiger partial charge >= 0.3 is 0 Å². The van der Waals surface area contributed by atoms with Gasteiger partial charge in [0.25, 0.3) is 0 Å². The Morgan fingerprint density at radius 3 is 2.63 bits per heavy atom. The number of hydrogen-bond acceptors (Lipinski definition) is 4. The van der Waals surface area contributed by atoms with Crippen molar-refractivity contribution in [3.63, 3.8) is 0 Å². The maximum atomic E-state index is 5.55. The van der Waals surface area contributed by atoms with Crippen LogP contribution in [-0.4, -0.2) is 13.2 Å². The molecular weight excluding hydrogens is 266 g/mol. The Morgan fingerprint density at radius 1 is 1.00 bits per heavy atom. The van der Waals surface area contributed by atoms with E-state index in [0.29, 0.717) is 13.2 Å². The maximum absolute atomic E-state index is 5.55. The molecule has 1 N–H and O–H groups in total. The third-order valence-corrected chi connectivity index (χ3v) is 2.82. The van der Waals surface area contributed by atoms with Gasteiger partial charge in [-0.05, 0) is 29.8 Å². The largest absolute Gasteiger partial charge is 0.486 e. The van der Waals surface area contributed by atoms with Crippen LogP contribution in [-0.2, 0) is 13.1 Å². The minimum Gasteiger partial charge on any atom is -0.486 e. The van der Waals surface area contributed by atoms with E-state index in [0.717, 1.165) is 30.3 Å². The lowest BCUT2D eigenvalue weighted by Gasteiger charge is -2.18. The number of furan rings is 1. The maximum Gasteiger partial charge on any atom is 0.161 e. The van der Waals surface area contributed by atoms with E-state index in [9.17, 15) is 0 Å². The predicted molar refractivity (Wildman–Crippen MR) is 73.9 cm³/mol. The molecule has 2 heterocycles. The zero-order chi connectivity index (χ0) is 12.2. The lowest BCUT2D eigenvalue weighted by atomic mass is 10.2. The van der Waals surface area contributed by atoms with Gasteiger partial charge in [0, 0.05) is 6.54 Å². The molecule has 0 saturated carbocycles. The molecule has 0 spiro atoms. The molecule has 0 bridgehead atoms. The first-order valence-electron chi connectivity index (χ1n) is 6.03. The predicted octanol–water partition coefficient (Wildman–Crippen LogP) is 2.76. The van der Waals surface area contributed by atoms with Crippen LogP contribution in [0.15, 0.2) is 41.0 Å². The van der Waals surface area contributed by atoms with Crippen molar-refractivity contribution >= 4 is 12.4 Å². The van der Waals surface area contributed by atoms with Gasteiger partial charge in [-0.3, -0.25) is 0 Å². The molecule has 0 atom stereocenters. The van der Waals surface area contributed by atoms with E-state index in [4.69, 9.17) is 13.9 Å². The van der Waals surface area contributed by atoms with Crippen LogP contribution in [0.1, 0.15) is 11.3 Å². The van der Waals surface area contributed by atoms with Crippen LogP contribution in [0.25, 0.3) is 0 Å². The Bertz CT molecular complexity index is 513. The number of nitrogens with one attached hydrogen (secondary N) is 1. The highest BCUT2D eigenvalue weighted by molar-refractivity contribution is 5.85. The monoisotopic (exact) mass is 281 g/mol. The normalized spacial score (nSPS) is 12.8. The van der Waals surface area contributed by atoms with Crippen molar-refractivity contribution in [2.75, 3.05) is 13.2 Å². The fourth-order valence-corrected chi connectivity index (χ4v) is 1.94.